The first-order chi connectivity index (χ1) is 6.47. The lowest BCUT2D eigenvalue weighted by molar-refractivity contribution is 0.109. The number of hydrogen-bond donors (Lipinski definition) is 1. The number of phenolic OH excluding ortho intramolecular Hbond substituents is 1. The Morgan fingerprint density at radius 1 is 1.36 bits per heavy atom. The van der Waals surface area contributed by atoms with Crippen molar-refractivity contribution in [3.05, 3.63) is 23.8 Å². The molecule has 0 fully saturated rings. The molecule has 1 aliphatic heterocycles. The Bertz CT molecular complexity index is 350. The molecule has 0 amide bonds. The lowest BCUT2D eigenvalue weighted by Crippen LogP contribution is -2.30. The minimum absolute atomic E-state index is 0.147. The molecule has 2 nitrogen and oxygen atoms in total. The number of hydrogen-bond acceptors (Lipinski definition) is 2. The number of fused-ring (bicyclic) bond motifs is 1. The van der Waals surface area contributed by atoms with E-state index in [1.807, 2.05) is 6.07 Å². The molecule has 0 saturated heterocycles. The van der Waals surface area contributed by atoms with E-state index in [1.54, 1.807) is 12.1 Å². The zero-order valence-corrected chi connectivity index (χ0v) is 8.87. The zero-order valence-electron chi connectivity index (χ0n) is 8.87. The first kappa shape index (κ1) is 9.38. The van der Waals surface area contributed by atoms with Gasteiger partial charge in [0.2, 0.25) is 0 Å². The van der Waals surface area contributed by atoms with Crippen molar-refractivity contribution < 1.29 is 9.84 Å². The maximum absolute atomic E-state index is 9.33. The maximum atomic E-state index is 9.33. The predicted octanol–water partition coefficient (Wildman–Crippen LogP) is 2.74. The van der Waals surface area contributed by atoms with Crippen LogP contribution in [0.4, 0.5) is 0 Å². The van der Waals surface area contributed by atoms with Gasteiger partial charge in [-0.25, -0.2) is 0 Å². The highest BCUT2D eigenvalue weighted by molar-refractivity contribution is 5.42. The normalized spacial score (nSPS) is 20.4. The average Bonchev–Trinajstić information content (AvgIpc) is 2.45. The molecule has 0 aliphatic carbocycles. The Kier molecular flexibility index (Phi) is 1.95. The van der Waals surface area contributed by atoms with Crippen LogP contribution in [-0.2, 0) is 6.42 Å². The average molecular weight is 192 g/mol. The highest BCUT2D eigenvalue weighted by Gasteiger charge is 2.32. The molecule has 1 aliphatic rings. The van der Waals surface area contributed by atoms with Crippen LogP contribution >= 0.6 is 0 Å². The number of benzene rings is 1. The Morgan fingerprint density at radius 3 is 2.71 bits per heavy atom. The van der Waals surface area contributed by atoms with E-state index >= 15 is 0 Å². The lowest BCUT2D eigenvalue weighted by atomic mass is 9.86. The van der Waals surface area contributed by atoms with Crippen LogP contribution in [0.5, 0.6) is 11.5 Å². The van der Waals surface area contributed by atoms with E-state index in [2.05, 4.69) is 20.8 Å². The SMILES string of the molecule is CC(C)(C)C1Cc2cc(O)ccc2O1. The summed E-state index contributed by atoms with van der Waals surface area (Å²) >= 11 is 0. The van der Waals surface area contributed by atoms with E-state index in [9.17, 15) is 5.11 Å². The summed E-state index contributed by atoms with van der Waals surface area (Å²) in [5, 5.41) is 9.33. The van der Waals surface area contributed by atoms with Crippen LogP contribution in [0.1, 0.15) is 26.3 Å². The maximum Gasteiger partial charge on any atom is 0.123 e. The Balaban J connectivity index is 2.26. The van der Waals surface area contributed by atoms with Gasteiger partial charge in [-0.1, -0.05) is 20.8 Å². The van der Waals surface area contributed by atoms with Gasteiger partial charge in [0.05, 0.1) is 0 Å². The van der Waals surface area contributed by atoms with Gasteiger partial charge in [-0.05, 0) is 23.6 Å². The smallest absolute Gasteiger partial charge is 0.123 e. The van der Waals surface area contributed by atoms with Crippen LogP contribution in [0.15, 0.2) is 18.2 Å². The van der Waals surface area contributed by atoms with Crippen molar-refractivity contribution in [2.45, 2.75) is 33.3 Å². The topological polar surface area (TPSA) is 29.5 Å². The van der Waals surface area contributed by atoms with Gasteiger partial charge in [-0.15, -0.1) is 0 Å². The first-order valence-electron chi connectivity index (χ1n) is 4.95. The van der Waals surface area contributed by atoms with Gasteiger partial charge in [-0.3, -0.25) is 0 Å². The van der Waals surface area contributed by atoms with Crippen LogP contribution < -0.4 is 4.74 Å². The van der Waals surface area contributed by atoms with Crippen LogP contribution in [0, 0.1) is 5.41 Å². The summed E-state index contributed by atoms with van der Waals surface area (Å²) in [6.07, 6.45) is 1.12. The van der Waals surface area contributed by atoms with Gasteiger partial charge in [-0.2, -0.15) is 0 Å². The quantitative estimate of drug-likeness (QED) is 0.685. The van der Waals surface area contributed by atoms with E-state index in [1.165, 1.54) is 0 Å². The molecule has 1 N–H and O–H groups in total. The third kappa shape index (κ3) is 1.57. The fourth-order valence-electron chi connectivity index (χ4n) is 1.72. The molecule has 0 radical (unpaired) electrons. The van der Waals surface area contributed by atoms with Crippen molar-refractivity contribution in [2.24, 2.45) is 5.41 Å². The van der Waals surface area contributed by atoms with Crippen molar-refractivity contribution in [2.75, 3.05) is 0 Å². The van der Waals surface area contributed by atoms with E-state index < -0.39 is 0 Å². The van der Waals surface area contributed by atoms with Crippen molar-refractivity contribution in [1.29, 1.82) is 0 Å². The fourth-order valence-corrected chi connectivity index (χ4v) is 1.72. The fraction of sp³-hybridized carbons (Fsp3) is 0.500. The van der Waals surface area contributed by atoms with Gasteiger partial charge in [0, 0.05) is 12.0 Å². The molecular formula is C12H16O2. The monoisotopic (exact) mass is 192 g/mol. The van der Waals surface area contributed by atoms with Crippen molar-refractivity contribution in [3.63, 3.8) is 0 Å². The highest BCUT2D eigenvalue weighted by atomic mass is 16.5. The molecule has 0 aromatic heterocycles. The van der Waals surface area contributed by atoms with Gasteiger partial charge >= 0.3 is 0 Å². The third-order valence-electron chi connectivity index (χ3n) is 2.68. The third-order valence-corrected chi connectivity index (χ3v) is 2.68. The lowest BCUT2D eigenvalue weighted by Gasteiger charge is -2.25. The molecule has 2 rings (SSSR count). The van der Waals surface area contributed by atoms with Crippen LogP contribution in [-0.4, -0.2) is 11.2 Å². The van der Waals surface area contributed by atoms with E-state index in [0.717, 1.165) is 17.7 Å². The van der Waals surface area contributed by atoms with E-state index in [-0.39, 0.29) is 11.5 Å². The predicted molar refractivity (Wildman–Crippen MR) is 55.7 cm³/mol. The van der Waals surface area contributed by atoms with Gasteiger partial charge in [0.15, 0.2) is 0 Å². The number of phenols is 1. The van der Waals surface area contributed by atoms with Crippen LogP contribution in [0.3, 0.4) is 0 Å². The Morgan fingerprint density at radius 2 is 2.07 bits per heavy atom. The number of ether oxygens (including phenoxy) is 1. The van der Waals surface area contributed by atoms with Gasteiger partial charge in [0.1, 0.15) is 17.6 Å². The molecule has 0 bridgehead atoms. The molecule has 0 spiro atoms. The summed E-state index contributed by atoms with van der Waals surface area (Å²) in [6.45, 7) is 6.51. The number of rotatable bonds is 0. The van der Waals surface area contributed by atoms with Crippen LogP contribution in [0.2, 0.25) is 0 Å². The largest absolute Gasteiger partial charge is 0.508 e. The second kappa shape index (κ2) is 2.91. The molecule has 1 aromatic carbocycles. The summed E-state index contributed by atoms with van der Waals surface area (Å²) in [5.74, 6) is 1.24. The minimum Gasteiger partial charge on any atom is -0.508 e. The molecule has 1 unspecified atom stereocenters. The molecule has 1 heterocycles. The molecule has 2 heteroatoms. The summed E-state index contributed by atoms with van der Waals surface area (Å²) in [4.78, 5) is 0. The summed E-state index contributed by atoms with van der Waals surface area (Å²) in [6, 6.07) is 5.31. The van der Waals surface area contributed by atoms with Crippen molar-refractivity contribution >= 4 is 0 Å². The Hall–Kier alpha value is -1.18. The summed E-state index contributed by atoms with van der Waals surface area (Å²) < 4.78 is 5.82. The van der Waals surface area contributed by atoms with Gasteiger partial charge in [0.25, 0.3) is 0 Å². The molecule has 76 valence electrons. The van der Waals surface area contributed by atoms with E-state index in [4.69, 9.17) is 4.74 Å². The second-order valence-corrected chi connectivity index (χ2v) is 4.97. The number of aromatic hydroxyl groups is 1. The first-order valence-corrected chi connectivity index (χ1v) is 4.95. The Labute approximate surface area is 84.5 Å². The van der Waals surface area contributed by atoms with Crippen molar-refractivity contribution in [3.8, 4) is 11.5 Å². The highest BCUT2D eigenvalue weighted by Crippen LogP contribution is 2.37. The van der Waals surface area contributed by atoms with Gasteiger partial charge < -0.3 is 9.84 Å². The zero-order chi connectivity index (χ0) is 10.3. The van der Waals surface area contributed by atoms with E-state index in [0.29, 0.717) is 5.75 Å². The molecule has 0 saturated carbocycles. The summed E-state index contributed by atoms with van der Waals surface area (Å²) in [7, 11) is 0. The van der Waals surface area contributed by atoms with Crippen LogP contribution in [0.25, 0.3) is 0 Å². The second-order valence-electron chi connectivity index (χ2n) is 4.97. The minimum atomic E-state index is 0.147. The molecule has 1 aromatic rings. The molecule has 1 atom stereocenters. The summed E-state index contributed by atoms with van der Waals surface area (Å²) in [5.41, 5.74) is 1.26. The molecular weight excluding hydrogens is 176 g/mol. The van der Waals surface area contributed by atoms with Crippen molar-refractivity contribution in [1.82, 2.24) is 0 Å². The standard InChI is InChI=1S/C12H16O2/c1-12(2,3)11-7-8-6-9(13)4-5-10(8)14-11/h4-6,11,13H,7H2,1-3H3. The molecule has 14 heavy (non-hydrogen) atoms.